The Labute approximate surface area is 244 Å². The maximum atomic E-state index is 13.5. The first-order chi connectivity index (χ1) is 19.3. The number of allylic oxidation sites excluding steroid dienone is 1. The Morgan fingerprint density at radius 3 is 2.51 bits per heavy atom. The van der Waals surface area contributed by atoms with Crippen LogP contribution in [0.1, 0.15) is 44.2 Å². The molecule has 14 heteroatoms. The molecular weight excluding hydrogens is 583 g/mol. The summed E-state index contributed by atoms with van der Waals surface area (Å²) in [6.07, 6.45) is -4.10. The number of alkyl halides is 3. The van der Waals surface area contributed by atoms with Gasteiger partial charge in [0, 0.05) is 17.9 Å². The molecular formula is C27H34F3N3O6S2. The Bertz CT molecular complexity index is 1130. The summed E-state index contributed by atoms with van der Waals surface area (Å²) in [5, 5.41) is 18.7. The number of halogens is 3. The number of hydrogen-bond donors (Lipinski definition) is 4. The highest BCUT2D eigenvalue weighted by atomic mass is 33.1. The zero-order valence-corrected chi connectivity index (χ0v) is 24.2. The highest BCUT2D eigenvalue weighted by Crippen LogP contribution is 2.30. The van der Waals surface area contributed by atoms with Gasteiger partial charge in [0.15, 0.2) is 0 Å². The molecule has 41 heavy (non-hydrogen) atoms. The van der Waals surface area contributed by atoms with E-state index < -0.39 is 72.2 Å². The van der Waals surface area contributed by atoms with Crippen molar-refractivity contribution in [1.29, 1.82) is 0 Å². The SMILES string of the molecule is CC(C)[C@H]1NC(=O)[C@H]2CSSCC/C=C/[C@H](CC(=O)N[C@H](Cc3cccc(C(F)(F)F)c3)C(=O)N2)OC(=O)C[C@@H]1O. The quantitative estimate of drug-likeness (QED) is 0.231. The predicted molar refractivity (Wildman–Crippen MR) is 150 cm³/mol. The molecule has 0 aromatic heterocycles. The van der Waals surface area contributed by atoms with Gasteiger partial charge in [0.2, 0.25) is 17.7 Å². The van der Waals surface area contributed by atoms with Crippen molar-refractivity contribution in [3.8, 4) is 0 Å². The number of esters is 1. The first-order valence-electron chi connectivity index (χ1n) is 13.2. The first-order valence-corrected chi connectivity index (χ1v) is 15.7. The average molecular weight is 618 g/mol. The van der Waals surface area contributed by atoms with E-state index in [9.17, 15) is 37.5 Å². The Morgan fingerprint density at radius 1 is 1.05 bits per heavy atom. The minimum atomic E-state index is -4.60. The number of carbonyl (C=O) groups is 4. The van der Waals surface area contributed by atoms with Crippen molar-refractivity contribution in [3.05, 3.63) is 47.5 Å². The molecule has 0 spiro atoms. The van der Waals surface area contributed by atoms with Gasteiger partial charge in [-0.1, -0.05) is 59.7 Å². The van der Waals surface area contributed by atoms with E-state index in [0.29, 0.717) is 12.2 Å². The highest BCUT2D eigenvalue weighted by molar-refractivity contribution is 8.76. The lowest BCUT2D eigenvalue weighted by molar-refractivity contribution is -0.151. The summed E-state index contributed by atoms with van der Waals surface area (Å²) in [7, 11) is 2.80. The molecule has 1 fully saturated rings. The number of aliphatic hydroxyl groups is 1. The smallest absolute Gasteiger partial charge is 0.416 e. The van der Waals surface area contributed by atoms with Gasteiger partial charge in [0.05, 0.1) is 30.6 Å². The fraction of sp³-hybridized carbons (Fsp3) is 0.556. The fourth-order valence-electron chi connectivity index (χ4n) is 4.39. The summed E-state index contributed by atoms with van der Waals surface area (Å²) in [6.45, 7) is 3.51. The van der Waals surface area contributed by atoms with Crippen LogP contribution in [0.4, 0.5) is 13.2 Å². The molecule has 2 bridgehead atoms. The summed E-state index contributed by atoms with van der Waals surface area (Å²) in [4.78, 5) is 52.6. The van der Waals surface area contributed by atoms with Crippen LogP contribution >= 0.6 is 21.6 Å². The fourth-order valence-corrected chi connectivity index (χ4v) is 6.54. The van der Waals surface area contributed by atoms with E-state index in [2.05, 4.69) is 16.0 Å². The topological polar surface area (TPSA) is 134 Å². The number of fused-ring (bicyclic) bond motifs is 7. The summed E-state index contributed by atoms with van der Waals surface area (Å²) < 4.78 is 45.4. The molecule has 1 saturated heterocycles. The van der Waals surface area contributed by atoms with Crippen molar-refractivity contribution >= 4 is 45.3 Å². The van der Waals surface area contributed by atoms with Crippen LogP contribution in [-0.2, 0) is 36.5 Å². The minimum Gasteiger partial charge on any atom is -0.457 e. The van der Waals surface area contributed by atoms with E-state index >= 15 is 0 Å². The second-order valence-corrected chi connectivity index (χ2v) is 12.8. The van der Waals surface area contributed by atoms with Crippen LogP contribution in [0.3, 0.4) is 0 Å². The van der Waals surface area contributed by atoms with Crippen molar-refractivity contribution in [3.63, 3.8) is 0 Å². The van der Waals surface area contributed by atoms with E-state index in [4.69, 9.17) is 4.74 Å². The van der Waals surface area contributed by atoms with E-state index in [1.54, 1.807) is 26.0 Å². The molecule has 1 aromatic carbocycles. The number of carbonyl (C=O) groups excluding carboxylic acids is 4. The molecule has 0 unspecified atom stereocenters. The van der Waals surface area contributed by atoms with Gasteiger partial charge >= 0.3 is 12.1 Å². The van der Waals surface area contributed by atoms with Crippen LogP contribution in [0.5, 0.6) is 0 Å². The van der Waals surface area contributed by atoms with E-state index in [1.165, 1.54) is 33.7 Å². The standard InChI is InChI=1S/C27H34F3N3O6S2/c1-15(2)24-21(34)13-23(36)39-18-8-3-4-9-40-41-14-20(26(38)33-24)32-25(37)19(31-22(35)12-18)11-16-6-5-7-17(10-16)27(28,29)30/h3,5-8,10,15,18-21,24,34H,4,9,11-14H2,1-2H3,(H,31,35)(H,32,37)(H,33,38)/b8-3+/t18-,19-,20-,21+,24-/m1/s1. The van der Waals surface area contributed by atoms with Crippen LogP contribution in [-0.4, -0.2) is 70.6 Å². The lowest BCUT2D eigenvalue weighted by Gasteiger charge is -2.29. The monoisotopic (exact) mass is 617 g/mol. The van der Waals surface area contributed by atoms with E-state index in [-0.39, 0.29) is 30.1 Å². The number of hydrogen-bond acceptors (Lipinski definition) is 8. The maximum Gasteiger partial charge on any atom is 0.416 e. The molecule has 9 nitrogen and oxygen atoms in total. The van der Waals surface area contributed by atoms with Crippen LogP contribution in [0.15, 0.2) is 36.4 Å². The number of benzene rings is 1. The molecule has 0 saturated carbocycles. The molecule has 2 aliphatic heterocycles. The van der Waals surface area contributed by atoms with Crippen molar-refractivity contribution in [2.45, 2.75) is 76.0 Å². The number of aliphatic hydroxyl groups excluding tert-OH is 1. The van der Waals surface area contributed by atoms with Crippen molar-refractivity contribution < 1.29 is 42.2 Å². The number of ether oxygens (including phenoxy) is 1. The number of amides is 3. The second kappa shape index (κ2) is 15.0. The van der Waals surface area contributed by atoms with Crippen LogP contribution in [0, 0.1) is 5.92 Å². The Morgan fingerprint density at radius 2 is 1.80 bits per heavy atom. The van der Waals surface area contributed by atoms with E-state index in [0.717, 1.165) is 12.1 Å². The molecule has 3 amide bonds. The van der Waals surface area contributed by atoms with Gasteiger partial charge in [0.1, 0.15) is 18.2 Å². The van der Waals surface area contributed by atoms with Gasteiger partial charge in [-0.25, -0.2) is 0 Å². The number of nitrogens with one attached hydrogen (secondary N) is 3. The third kappa shape index (κ3) is 10.3. The second-order valence-electron chi connectivity index (χ2n) is 10.2. The van der Waals surface area contributed by atoms with Crippen molar-refractivity contribution in [2.75, 3.05) is 11.5 Å². The highest BCUT2D eigenvalue weighted by Gasteiger charge is 2.34. The third-order valence-electron chi connectivity index (χ3n) is 6.50. The minimum absolute atomic E-state index is 0.141. The Kier molecular flexibility index (Phi) is 12.0. The molecule has 4 N–H and O–H groups in total. The maximum absolute atomic E-state index is 13.5. The van der Waals surface area contributed by atoms with Gasteiger partial charge in [-0.15, -0.1) is 0 Å². The zero-order chi connectivity index (χ0) is 30.2. The summed E-state index contributed by atoms with van der Waals surface area (Å²) in [6, 6.07) is 1.14. The van der Waals surface area contributed by atoms with Gasteiger partial charge in [-0.05, 0) is 30.0 Å². The van der Waals surface area contributed by atoms with Crippen molar-refractivity contribution in [2.24, 2.45) is 5.92 Å². The zero-order valence-electron chi connectivity index (χ0n) is 22.6. The van der Waals surface area contributed by atoms with Crippen molar-refractivity contribution in [1.82, 2.24) is 16.0 Å². The lowest BCUT2D eigenvalue weighted by Crippen LogP contribution is -2.58. The molecule has 2 aliphatic rings. The molecule has 1 aromatic rings. The number of rotatable bonds is 3. The van der Waals surface area contributed by atoms with E-state index in [1.807, 2.05) is 0 Å². The van der Waals surface area contributed by atoms with Crippen LogP contribution in [0.2, 0.25) is 0 Å². The third-order valence-corrected chi connectivity index (χ3v) is 8.95. The molecule has 0 aliphatic carbocycles. The first kappa shape index (κ1) is 32.8. The predicted octanol–water partition coefficient (Wildman–Crippen LogP) is 2.77. The van der Waals surface area contributed by atoms with Gasteiger partial charge in [0.25, 0.3) is 0 Å². The van der Waals surface area contributed by atoms with Gasteiger partial charge < -0.3 is 25.8 Å². The lowest BCUT2D eigenvalue weighted by atomic mass is 9.96. The normalized spacial score (nSPS) is 28.3. The van der Waals surface area contributed by atoms with Crippen LogP contribution in [0.25, 0.3) is 0 Å². The van der Waals surface area contributed by atoms with Crippen LogP contribution < -0.4 is 16.0 Å². The Hall–Kier alpha value is -2.71. The summed E-state index contributed by atoms with van der Waals surface area (Å²) >= 11 is 0. The average Bonchev–Trinajstić information content (AvgIpc) is 2.88. The summed E-state index contributed by atoms with van der Waals surface area (Å²) in [5.74, 6) is -2.35. The largest absolute Gasteiger partial charge is 0.457 e. The van der Waals surface area contributed by atoms with Gasteiger partial charge in [-0.2, -0.15) is 13.2 Å². The molecule has 226 valence electrons. The molecule has 0 radical (unpaired) electrons. The summed E-state index contributed by atoms with van der Waals surface area (Å²) in [5.41, 5.74) is -0.758. The van der Waals surface area contributed by atoms with Gasteiger partial charge in [-0.3, -0.25) is 19.2 Å². The molecule has 3 rings (SSSR count). The molecule has 2 heterocycles. The molecule has 5 atom stereocenters. The Balaban J connectivity index is 2.01.